The first kappa shape index (κ1) is 21.1. The quantitative estimate of drug-likeness (QED) is 0.660. The zero-order valence-corrected chi connectivity index (χ0v) is 17.3. The summed E-state index contributed by atoms with van der Waals surface area (Å²) in [5, 5.41) is 3.10. The van der Waals surface area contributed by atoms with E-state index in [1.54, 1.807) is 0 Å². The van der Waals surface area contributed by atoms with Gasteiger partial charge in [-0.1, -0.05) is 30.3 Å². The van der Waals surface area contributed by atoms with E-state index in [1.807, 2.05) is 11.8 Å². The minimum absolute atomic E-state index is 0.0714. The van der Waals surface area contributed by atoms with Crippen LogP contribution in [0.4, 0.5) is 4.79 Å². The standard InChI is InChI=1S/C22H36N4O2/c1-2-26(18-21-9-16-28-19-21)22(27)23-10-6-11-24-12-14-25(15-13-24)17-20-7-4-3-5-8-20/h3-5,7-8,21H,2,6,9-19H2,1H3,(H,23,27). The Hall–Kier alpha value is -1.63. The first-order valence-electron chi connectivity index (χ1n) is 10.8. The Bertz CT molecular complexity index is 569. The molecular formula is C22H36N4O2. The van der Waals surface area contributed by atoms with Gasteiger partial charge in [0.15, 0.2) is 0 Å². The number of nitrogens with one attached hydrogen (secondary N) is 1. The molecule has 0 bridgehead atoms. The second-order valence-corrected chi connectivity index (χ2v) is 7.96. The lowest BCUT2D eigenvalue weighted by Crippen LogP contribution is -2.47. The molecule has 1 aromatic rings. The van der Waals surface area contributed by atoms with Gasteiger partial charge in [-0.15, -0.1) is 0 Å². The van der Waals surface area contributed by atoms with Crippen LogP contribution in [0.15, 0.2) is 30.3 Å². The summed E-state index contributed by atoms with van der Waals surface area (Å²) >= 11 is 0. The summed E-state index contributed by atoms with van der Waals surface area (Å²) in [6.45, 7) is 12.6. The molecule has 2 aliphatic rings. The smallest absolute Gasteiger partial charge is 0.317 e. The van der Waals surface area contributed by atoms with Crippen molar-refractivity contribution < 1.29 is 9.53 Å². The minimum atomic E-state index is 0.0714. The van der Waals surface area contributed by atoms with E-state index in [-0.39, 0.29) is 6.03 Å². The number of carbonyl (C=O) groups excluding carboxylic acids is 1. The number of nitrogens with zero attached hydrogens (tertiary/aromatic N) is 3. The first-order valence-corrected chi connectivity index (χ1v) is 10.8. The van der Waals surface area contributed by atoms with E-state index in [4.69, 9.17) is 4.74 Å². The molecule has 1 N–H and O–H groups in total. The summed E-state index contributed by atoms with van der Waals surface area (Å²) in [5.74, 6) is 0.498. The van der Waals surface area contributed by atoms with E-state index < -0.39 is 0 Å². The summed E-state index contributed by atoms with van der Waals surface area (Å²) in [7, 11) is 0. The molecule has 0 aromatic heterocycles. The molecule has 156 valence electrons. The van der Waals surface area contributed by atoms with Crippen molar-refractivity contribution >= 4 is 6.03 Å². The van der Waals surface area contributed by atoms with E-state index in [0.29, 0.717) is 5.92 Å². The molecule has 28 heavy (non-hydrogen) atoms. The molecule has 2 heterocycles. The minimum Gasteiger partial charge on any atom is -0.381 e. The van der Waals surface area contributed by atoms with Gasteiger partial charge >= 0.3 is 6.03 Å². The Morgan fingerprint density at radius 2 is 1.93 bits per heavy atom. The Kier molecular flexibility index (Phi) is 8.58. The van der Waals surface area contributed by atoms with Gasteiger partial charge in [0.05, 0.1) is 6.61 Å². The predicted molar refractivity (Wildman–Crippen MR) is 112 cm³/mol. The fourth-order valence-corrected chi connectivity index (χ4v) is 4.02. The van der Waals surface area contributed by atoms with Crippen molar-refractivity contribution in [3.8, 4) is 0 Å². The van der Waals surface area contributed by atoms with E-state index in [9.17, 15) is 4.79 Å². The van der Waals surface area contributed by atoms with Gasteiger partial charge < -0.3 is 19.9 Å². The average molecular weight is 389 g/mol. The van der Waals surface area contributed by atoms with Crippen LogP contribution in [0.5, 0.6) is 0 Å². The predicted octanol–water partition coefficient (Wildman–Crippen LogP) is 2.26. The van der Waals surface area contributed by atoms with Crippen LogP contribution in [0.2, 0.25) is 0 Å². The summed E-state index contributed by atoms with van der Waals surface area (Å²) < 4.78 is 5.42. The summed E-state index contributed by atoms with van der Waals surface area (Å²) in [6.07, 6.45) is 2.08. The molecule has 1 aromatic carbocycles. The van der Waals surface area contributed by atoms with Crippen LogP contribution >= 0.6 is 0 Å². The van der Waals surface area contributed by atoms with Gasteiger partial charge in [0.1, 0.15) is 0 Å². The van der Waals surface area contributed by atoms with Crippen LogP contribution in [-0.2, 0) is 11.3 Å². The van der Waals surface area contributed by atoms with Crippen molar-refractivity contribution in [1.82, 2.24) is 20.0 Å². The van der Waals surface area contributed by atoms with Gasteiger partial charge in [0.2, 0.25) is 0 Å². The lowest BCUT2D eigenvalue weighted by atomic mass is 10.1. The Morgan fingerprint density at radius 1 is 1.18 bits per heavy atom. The number of amides is 2. The van der Waals surface area contributed by atoms with Gasteiger partial charge in [-0.05, 0) is 31.9 Å². The Balaban J connectivity index is 1.26. The highest BCUT2D eigenvalue weighted by molar-refractivity contribution is 5.74. The third-order valence-electron chi connectivity index (χ3n) is 5.81. The monoisotopic (exact) mass is 388 g/mol. The highest BCUT2D eigenvalue weighted by atomic mass is 16.5. The maximum atomic E-state index is 12.4. The number of piperazine rings is 1. The van der Waals surface area contributed by atoms with Crippen molar-refractivity contribution in [3.63, 3.8) is 0 Å². The zero-order chi connectivity index (χ0) is 19.6. The molecule has 1 unspecified atom stereocenters. The number of benzene rings is 1. The molecule has 0 saturated carbocycles. The molecule has 6 heteroatoms. The van der Waals surface area contributed by atoms with Crippen LogP contribution in [-0.4, -0.2) is 86.3 Å². The number of ether oxygens (including phenoxy) is 1. The molecular weight excluding hydrogens is 352 g/mol. The Labute approximate surface area is 169 Å². The molecule has 3 rings (SSSR count). The molecule has 0 spiro atoms. The molecule has 0 radical (unpaired) electrons. The van der Waals surface area contributed by atoms with Crippen LogP contribution in [0.3, 0.4) is 0 Å². The van der Waals surface area contributed by atoms with Crippen molar-refractivity contribution in [2.24, 2.45) is 5.92 Å². The fourth-order valence-electron chi connectivity index (χ4n) is 4.02. The first-order chi connectivity index (χ1) is 13.7. The number of hydrogen-bond acceptors (Lipinski definition) is 4. The average Bonchev–Trinajstić information content (AvgIpc) is 3.24. The van der Waals surface area contributed by atoms with Crippen LogP contribution in [0.25, 0.3) is 0 Å². The van der Waals surface area contributed by atoms with Crippen LogP contribution in [0, 0.1) is 5.92 Å². The molecule has 2 aliphatic heterocycles. The van der Waals surface area contributed by atoms with Crippen molar-refractivity contribution in [3.05, 3.63) is 35.9 Å². The third-order valence-corrected chi connectivity index (χ3v) is 5.81. The zero-order valence-electron chi connectivity index (χ0n) is 17.3. The molecule has 6 nitrogen and oxygen atoms in total. The van der Waals surface area contributed by atoms with Gasteiger partial charge in [0.25, 0.3) is 0 Å². The summed E-state index contributed by atoms with van der Waals surface area (Å²) in [6, 6.07) is 10.8. The van der Waals surface area contributed by atoms with Crippen molar-refractivity contribution in [2.75, 3.05) is 65.6 Å². The van der Waals surface area contributed by atoms with E-state index in [2.05, 4.69) is 45.4 Å². The van der Waals surface area contributed by atoms with Crippen molar-refractivity contribution in [2.45, 2.75) is 26.3 Å². The van der Waals surface area contributed by atoms with Gasteiger partial charge in [0, 0.05) is 64.9 Å². The molecule has 2 fully saturated rings. The third kappa shape index (κ3) is 6.76. The van der Waals surface area contributed by atoms with Gasteiger partial charge in [-0.2, -0.15) is 0 Å². The van der Waals surface area contributed by atoms with E-state index in [1.165, 1.54) is 5.56 Å². The largest absolute Gasteiger partial charge is 0.381 e. The topological polar surface area (TPSA) is 48.1 Å². The van der Waals surface area contributed by atoms with Crippen LogP contribution < -0.4 is 5.32 Å². The fraction of sp³-hybridized carbons (Fsp3) is 0.682. The molecule has 2 amide bonds. The highest BCUT2D eigenvalue weighted by Crippen LogP contribution is 2.14. The normalized spacial score (nSPS) is 21.0. The lowest BCUT2D eigenvalue weighted by Gasteiger charge is -2.34. The number of hydrogen-bond donors (Lipinski definition) is 1. The summed E-state index contributed by atoms with van der Waals surface area (Å²) in [4.78, 5) is 19.3. The maximum absolute atomic E-state index is 12.4. The number of urea groups is 1. The van der Waals surface area contributed by atoms with Crippen LogP contribution in [0.1, 0.15) is 25.3 Å². The maximum Gasteiger partial charge on any atom is 0.317 e. The van der Waals surface area contributed by atoms with Gasteiger partial charge in [-0.25, -0.2) is 4.79 Å². The molecule has 0 aliphatic carbocycles. The highest BCUT2D eigenvalue weighted by Gasteiger charge is 2.21. The SMILES string of the molecule is CCN(CC1CCOC1)C(=O)NCCCN1CCN(Cc2ccccc2)CC1. The Morgan fingerprint density at radius 3 is 2.61 bits per heavy atom. The van der Waals surface area contributed by atoms with Gasteiger partial charge in [-0.3, -0.25) is 4.90 Å². The number of carbonyl (C=O) groups is 1. The molecule has 1 atom stereocenters. The molecule has 2 saturated heterocycles. The second-order valence-electron chi connectivity index (χ2n) is 7.96. The summed E-state index contributed by atoms with van der Waals surface area (Å²) in [5.41, 5.74) is 1.39. The van der Waals surface area contributed by atoms with E-state index in [0.717, 1.165) is 85.0 Å². The van der Waals surface area contributed by atoms with Crippen molar-refractivity contribution in [1.29, 1.82) is 0 Å². The van der Waals surface area contributed by atoms with E-state index >= 15 is 0 Å². The lowest BCUT2D eigenvalue weighted by molar-refractivity contribution is 0.126. The number of rotatable bonds is 9. The second kappa shape index (κ2) is 11.4.